The average Bonchev–Trinajstić information content (AvgIpc) is 2.55. The Hall–Kier alpha value is -2.24. The number of nitrogens with zero attached hydrogens (tertiary/aromatic N) is 2. The number of nitrogens with two attached hydrogens (primary N) is 1. The van der Waals surface area contributed by atoms with E-state index >= 15 is 0 Å². The van der Waals surface area contributed by atoms with E-state index in [0.29, 0.717) is 21.5 Å². The quantitative estimate of drug-likeness (QED) is 0.407. The van der Waals surface area contributed by atoms with E-state index in [0.717, 1.165) is 0 Å². The number of imidazole rings is 1. The summed E-state index contributed by atoms with van der Waals surface area (Å²) >= 11 is 0. The van der Waals surface area contributed by atoms with E-state index in [-0.39, 0.29) is 5.82 Å². The second-order valence-corrected chi connectivity index (χ2v) is 2.99. The van der Waals surface area contributed by atoms with Crippen LogP contribution < -0.4 is 5.73 Å². The second-order valence-electron chi connectivity index (χ2n) is 2.99. The van der Waals surface area contributed by atoms with Crippen LogP contribution in [0.3, 0.4) is 0 Å². The van der Waals surface area contributed by atoms with Crippen LogP contribution in [0.15, 0.2) is 18.2 Å². The molecule has 1 aromatic heterocycles. The standard InChI is InChI=1S/C9H9N3O3/c1-15-9(13)8-11-6-3-2-5(10)4-7(6)12(8)14/h2-4,14H,10H2,1H3. The molecule has 0 unspecified atom stereocenters. The maximum atomic E-state index is 11.2. The van der Waals surface area contributed by atoms with Gasteiger partial charge in [0.1, 0.15) is 5.52 Å². The number of rotatable bonds is 1. The van der Waals surface area contributed by atoms with Gasteiger partial charge in [-0.2, -0.15) is 4.73 Å². The summed E-state index contributed by atoms with van der Waals surface area (Å²) < 4.78 is 5.13. The summed E-state index contributed by atoms with van der Waals surface area (Å²) in [4.78, 5) is 15.1. The lowest BCUT2D eigenvalue weighted by atomic mass is 10.3. The van der Waals surface area contributed by atoms with Crippen molar-refractivity contribution >= 4 is 22.7 Å². The summed E-state index contributed by atoms with van der Waals surface area (Å²) in [6, 6.07) is 4.77. The number of anilines is 1. The van der Waals surface area contributed by atoms with Gasteiger partial charge in [-0.05, 0) is 18.2 Å². The molecule has 2 aromatic rings. The Morgan fingerprint density at radius 3 is 3.00 bits per heavy atom. The highest BCUT2D eigenvalue weighted by Crippen LogP contribution is 2.17. The number of nitrogen functional groups attached to an aromatic ring is 1. The van der Waals surface area contributed by atoms with E-state index in [1.54, 1.807) is 12.1 Å². The topological polar surface area (TPSA) is 90.4 Å². The maximum Gasteiger partial charge on any atom is 0.377 e. The molecule has 6 heteroatoms. The van der Waals surface area contributed by atoms with Gasteiger partial charge in [-0.3, -0.25) is 0 Å². The summed E-state index contributed by atoms with van der Waals surface area (Å²) in [6.45, 7) is 0. The van der Waals surface area contributed by atoms with Crippen molar-refractivity contribution in [1.82, 2.24) is 9.71 Å². The van der Waals surface area contributed by atoms with Crippen LogP contribution in [0.25, 0.3) is 11.0 Å². The number of ether oxygens (including phenoxy) is 1. The Labute approximate surface area is 84.8 Å². The highest BCUT2D eigenvalue weighted by Gasteiger charge is 2.17. The first kappa shape index (κ1) is 9.32. The Balaban J connectivity index is 2.69. The molecule has 2 rings (SSSR count). The third-order valence-corrected chi connectivity index (χ3v) is 2.02. The molecular weight excluding hydrogens is 198 g/mol. The summed E-state index contributed by atoms with van der Waals surface area (Å²) in [5, 5.41) is 9.61. The van der Waals surface area contributed by atoms with E-state index in [1.807, 2.05) is 0 Å². The fraction of sp³-hybridized carbons (Fsp3) is 0.111. The average molecular weight is 207 g/mol. The molecule has 0 spiro atoms. The lowest BCUT2D eigenvalue weighted by molar-refractivity contribution is 0.0544. The van der Waals surface area contributed by atoms with Crippen molar-refractivity contribution in [2.75, 3.05) is 12.8 Å². The molecule has 15 heavy (non-hydrogen) atoms. The van der Waals surface area contributed by atoms with Crippen LogP contribution >= 0.6 is 0 Å². The number of aromatic nitrogens is 2. The maximum absolute atomic E-state index is 11.2. The number of methoxy groups -OCH3 is 1. The Bertz CT molecular complexity index is 533. The number of carbonyl (C=O) groups is 1. The predicted octanol–water partition coefficient (Wildman–Crippen LogP) is 0.642. The Morgan fingerprint density at radius 1 is 1.60 bits per heavy atom. The predicted molar refractivity (Wildman–Crippen MR) is 52.7 cm³/mol. The Morgan fingerprint density at radius 2 is 2.33 bits per heavy atom. The van der Waals surface area contributed by atoms with Crippen LogP contribution in [0.1, 0.15) is 10.6 Å². The van der Waals surface area contributed by atoms with Crippen molar-refractivity contribution in [3.63, 3.8) is 0 Å². The molecule has 0 amide bonds. The zero-order valence-corrected chi connectivity index (χ0v) is 7.97. The van der Waals surface area contributed by atoms with Gasteiger partial charge in [0, 0.05) is 5.69 Å². The molecule has 0 atom stereocenters. The smallest absolute Gasteiger partial charge is 0.377 e. The number of carbonyl (C=O) groups excluding carboxylic acids is 1. The molecule has 3 N–H and O–H groups in total. The van der Waals surface area contributed by atoms with Crippen molar-refractivity contribution in [3.8, 4) is 0 Å². The van der Waals surface area contributed by atoms with Crippen molar-refractivity contribution in [2.45, 2.75) is 0 Å². The van der Waals surface area contributed by atoms with Crippen molar-refractivity contribution in [1.29, 1.82) is 0 Å². The van der Waals surface area contributed by atoms with Crippen LogP contribution in [0.2, 0.25) is 0 Å². The number of hydrogen-bond acceptors (Lipinski definition) is 5. The molecule has 1 aromatic carbocycles. The van der Waals surface area contributed by atoms with Crippen LogP contribution in [0.5, 0.6) is 0 Å². The van der Waals surface area contributed by atoms with Crippen LogP contribution in [0.4, 0.5) is 5.69 Å². The van der Waals surface area contributed by atoms with Gasteiger partial charge >= 0.3 is 5.97 Å². The monoisotopic (exact) mass is 207 g/mol. The highest BCUT2D eigenvalue weighted by atomic mass is 16.5. The first-order valence-electron chi connectivity index (χ1n) is 4.19. The third kappa shape index (κ3) is 1.35. The number of benzene rings is 1. The minimum Gasteiger partial charge on any atom is -0.463 e. The molecule has 0 aliphatic heterocycles. The zero-order valence-electron chi connectivity index (χ0n) is 7.97. The van der Waals surface area contributed by atoms with Crippen molar-refractivity contribution in [3.05, 3.63) is 24.0 Å². The molecular formula is C9H9N3O3. The van der Waals surface area contributed by atoms with Gasteiger partial charge in [0.2, 0.25) is 0 Å². The molecule has 1 heterocycles. The SMILES string of the molecule is COC(=O)c1nc2ccc(N)cc2n1O. The first-order chi connectivity index (χ1) is 7.13. The van der Waals surface area contributed by atoms with Gasteiger partial charge in [0.25, 0.3) is 5.82 Å². The van der Waals surface area contributed by atoms with Gasteiger partial charge in [-0.25, -0.2) is 9.78 Å². The number of esters is 1. The van der Waals surface area contributed by atoms with Crippen molar-refractivity contribution in [2.24, 2.45) is 0 Å². The number of fused-ring (bicyclic) bond motifs is 1. The van der Waals surface area contributed by atoms with Gasteiger partial charge in [-0.15, -0.1) is 0 Å². The fourth-order valence-corrected chi connectivity index (χ4v) is 1.30. The summed E-state index contributed by atoms with van der Waals surface area (Å²) in [5.41, 5.74) is 6.87. The summed E-state index contributed by atoms with van der Waals surface area (Å²) in [5.74, 6) is -0.870. The molecule has 6 nitrogen and oxygen atoms in total. The van der Waals surface area contributed by atoms with E-state index in [4.69, 9.17) is 5.73 Å². The van der Waals surface area contributed by atoms with E-state index in [9.17, 15) is 10.0 Å². The Kier molecular flexibility index (Phi) is 1.96. The van der Waals surface area contributed by atoms with E-state index < -0.39 is 5.97 Å². The minimum absolute atomic E-state index is 0.168. The minimum atomic E-state index is -0.702. The largest absolute Gasteiger partial charge is 0.463 e. The lowest BCUT2D eigenvalue weighted by Gasteiger charge is -1.98. The third-order valence-electron chi connectivity index (χ3n) is 2.02. The zero-order chi connectivity index (χ0) is 11.0. The summed E-state index contributed by atoms with van der Waals surface area (Å²) in [7, 11) is 1.22. The van der Waals surface area contributed by atoms with Crippen LogP contribution in [-0.2, 0) is 4.74 Å². The fourth-order valence-electron chi connectivity index (χ4n) is 1.30. The normalized spacial score (nSPS) is 10.5. The molecule has 0 saturated heterocycles. The molecule has 0 saturated carbocycles. The second kappa shape index (κ2) is 3.16. The van der Waals surface area contributed by atoms with Crippen LogP contribution in [-0.4, -0.2) is 28.0 Å². The molecule has 0 radical (unpaired) electrons. The van der Waals surface area contributed by atoms with E-state index in [1.165, 1.54) is 13.2 Å². The van der Waals surface area contributed by atoms with E-state index in [2.05, 4.69) is 9.72 Å². The first-order valence-corrected chi connectivity index (χ1v) is 4.19. The van der Waals surface area contributed by atoms with Gasteiger partial charge in [0.15, 0.2) is 0 Å². The summed E-state index contributed by atoms with van der Waals surface area (Å²) in [6.07, 6.45) is 0. The molecule has 0 aliphatic carbocycles. The van der Waals surface area contributed by atoms with Crippen LogP contribution in [0, 0.1) is 0 Å². The molecule has 0 bridgehead atoms. The lowest BCUT2D eigenvalue weighted by Crippen LogP contribution is -2.09. The highest BCUT2D eigenvalue weighted by molar-refractivity contribution is 5.91. The van der Waals surface area contributed by atoms with Crippen molar-refractivity contribution < 1.29 is 14.7 Å². The molecule has 78 valence electrons. The number of hydrogen-bond donors (Lipinski definition) is 2. The van der Waals surface area contributed by atoms with Gasteiger partial charge in [-0.1, -0.05) is 0 Å². The van der Waals surface area contributed by atoms with Gasteiger partial charge < -0.3 is 15.7 Å². The molecule has 0 aliphatic rings. The molecule has 0 fully saturated rings. The van der Waals surface area contributed by atoms with Gasteiger partial charge in [0.05, 0.1) is 12.6 Å².